The zero-order valence-electron chi connectivity index (χ0n) is 14.0. The minimum atomic E-state index is -0.588. The van der Waals surface area contributed by atoms with Gasteiger partial charge in [0, 0.05) is 11.4 Å². The largest absolute Gasteiger partial charge is 0.452 e. The number of carbonyl (C=O) groups is 3. The van der Waals surface area contributed by atoms with Crippen LogP contribution in [0.25, 0.3) is 0 Å². The molecule has 1 unspecified atom stereocenters. The number of carbonyl (C=O) groups excluding carboxylic acids is 3. The Labute approximate surface area is 145 Å². The maximum absolute atomic E-state index is 12.0. The molecule has 2 N–H and O–H groups in total. The Kier molecular flexibility index (Phi) is 6.25. The van der Waals surface area contributed by atoms with Gasteiger partial charge in [-0.1, -0.05) is 13.8 Å². The van der Waals surface area contributed by atoms with E-state index in [0.29, 0.717) is 23.7 Å². The number of rotatable bonds is 6. The van der Waals surface area contributed by atoms with E-state index in [1.807, 2.05) is 6.92 Å². The summed E-state index contributed by atoms with van der Waals surface area (Å²) < 4.78 is 5.02. The zero-order valence-corrected chi connectivity index (χ0v) is 14.9. The second kappa shape index (κ2) is 8.19. The van der Waals surface area contributed by atoms with Crippen LogP contribution < -0.4 is 10.6 Å². The summed E-state index contributed by atoms with van der Waals surface area (Å²) in [6.07, 6.45) is 0.875. The van der Waals surface area contributed by atoms with Crippen molar-refractivity contribution in [3.05, 3.63) is 23.8 Å². The number of hydrogen-bond acceptors (Lipinski definition) is 5. The number of amides is 2. The molecule has 24 heavy (non-hydrogen) atoms. The average molecular weight is 350 g/mol. The first kappa shape index (κ1) is 18.3. The minimum Gasteiger partial charge on any atom is -0.452 e. The number of hydrogen-bond donors (Lipinski definition) is 2. The highest BCUT2D eigenvalue weighted by Crippen LogP contribution is 2.35. The van der Waals surface area contributed by atoms with E-state index in [4.69, 9.17) is 4.74 Å². The first-order valence-electron chi connectivity index (χ1n) is 7.92. The van der Waals surface area contributed by atoms with Crippen molar-refractivity contribution in [3.63, 3.8) is 0 Å². The molecule has 1 aliphatic heterocycles. The Bertz CT molecular complexity index is 645. The van der Waals surface area contributed by atoms with Gasteiger partial charge >= 0.3 is 5.97 Å². The molecule has 130 valence electrons. The fourth-order valence-corrected chi connectivity index (χ4v) is 3.03. The van der Waals surface area contributed by atoms with E-state index in [0.717, 1.165) is 11.3 Å². The molecule has 1 aromatic rings. The van der Waals surface area contributed by atoms with Crippen molar-refractivity contribution in [2.24, 2.45) is 5.92 Å². The Morgan fingerprint density at radius 3 is 2.83 bits per heavy atom. The summed E-state index contributed by atoms with van der Waals surface area (Å²) in [6, 6.07) is 4.98. The van der Waals surface area contributed by atoms with Gasteiger partial charge in [-0.3, -0.25) is 9.59 Å². The summed E-state index contributed by atoms with van der Waals surface area (Å²) in [5.74, 6) is -0.504. The maximum Gasteiger partial charge on any atom is 0.338 e. The van der Waals surface area contributed by atoms with Crippen molar-refractivity contribution in [1.82, 2.24) is 5.32 Å². The molecule has 0 aliphatic carbocycles. The van der Waals surface area contributed by atoms with Crippen LogP contribution in [0, 0.1) is 5.92 Å². The lowest BCUT2D eigenvalue weighted by Crippen LogP contribution is -2.30. The molecule has 0 fully saturated rings. The molecular formula is C17H22N2O4S. The third-order valence-corrected chi connectivity index (χ3v) is 4.70. The van der Waals surface area contributed by atoms with Crippen molar-refractivity contribution in [1.29, 1.82) is 0 Å². The van der Waals surface area contributed by atoms with E-state index in [2.05, 4.69) is 24.5 Å². The molecule has 6 nitrogen and oxygen atoms in total. The Morgan fingerprint density at radius 1 is 1.38 bits per heavy atom. The molecule has 2 rings (SSSR count). The molecule has 0 radical (unpaired) electrons. The third kappa shape index (κ3) is 4.99. The van der Waals surface area contributed by atoms with Crippen LogP contribution in [0.15, 0.2) is 23.1 Å². The number of benzene rings is 1. The van der Waals surface area contributed by atoms with Gasteiger partial charge in [0.05, 0.1) is 16.5 Å². The van der Waals surface area contributed by atoms with E-state index in [9.17, 15) is 14.4 Å². The van der Waals surface area contributed by atoms with Crippen LogP contribution in [0.3, 0.4) is 0 Å². The Balaban J connectivity index is 1.88. The molecule has 2 amide bonds. The lowest BCUT2D eigenvalue weighted by atomic mass is 10.1. The SMILES string of the molecule is CC(C)CCNC(=O)COC(=O)c1ccc2c(c1)NC(=O)C(C)S2. The topological polar surface area (TPSA) is 84.5 Å². The normalized spacial score (nSPS) is 16.3. The molecule has 1 atom stereocenters. The molecule has 0 saturated carbocycles. The average Bonchev–Trinajstić information content (AvgIpc) is 2.53. The van der Waals surface area contributed by atoms with Crippen molar-refractivity contribution >= 4 is 35.2 Å². The van der Waals surface area contributed by atoms with Crippen LogP contribution in [-0.4, -0.2) is 36.2 Å². The highest BCUT2D eigenvalue weighted by atomic mass is 32.2. The van der Waals surface area contributed by atoms with Crippen LogP contribution in [0.2, 0.25) is 0 Å². The molecule has 1 aromatic carbocycles. The Hall–Kier alpha value is -2.02. The van der Waals surface area contributed by atoms with Crippen LogP contribution in [0.4, 0.5) is 5.69 Å². The summed E-state index contributed by atoms with van der Waals surface area (Å²) in [7, 11) is 0. The number of fused-ring (bicyclic) bond motifs is 1. The van der Waals surface area contributed by atoms with E-state index >= 15 is 0 Å². The van der Waals surface area contributed by atoms with Gasteiger partial charge in [0.25, 0.3) is 5.91 Å². The second-order valence-electron chi connectivity index (χ2n) is 6.07. The van der Waals surface area contributed by atoms with Crippen molar-refractivity contribution < 1.29 is 19.1 Å². The zero-order chi connectivity index (χ0) is 17.7. The van der Waals surface area contributed by atoms with Crippen molar-refractivity contribution in [2.45, 2.75) is 37.3 Å². The fraction of sp³-hybridized carbons (Fsp3) is 0.471. The molecule has 1 aliphatic rings. The highest BCUT2D eigenvalue weighted by Gasteiger charge is 2.24. The summed E-state index contributed by atoms with van der Waals surface area (Å²) >= 11 is 1.44. The van der Waals surface area contributed by atoms with Gasteiger partial charge < -0.3 is 15.4 Å². The van der Waals surface area contributed by atoms with E-state index < -0.39 is 5.97 Å². The molecule has 1 heterocycles. The van der Waals surface area contributed by atoms with Crippen LogP contribution in [-0.2, 0) is 14.3 Å². The van der Waals surface area contributed by atoms with Gasteiger partial charge in [-0.05, 0) is 37.5 Å². The van der Waals surface area contributed by atoms with E-state index in [1.54, 1.807) is 18.2 Å². The number of nitrogens with one attached hydrogen (secondary N) is 2. The minimum absolute atomic E-state index is 0.0949. The number of thioether (sulfide) groups is 1. The molecule has 7 heteroatoms. The fourth-order valence-electron chi connectivity index (χ4n) is 2.10. The predicted molar refractivity (Wildman–Crippen MR) is 93.1 cm³/mol. The van der Waals surface area contributed by atoms with E-state index in [-0.39, 0.29) is 23.7 Å². The predicted octanol–water partition coefficient (Wildman–Crippen LogP) is 2.44. The van der Waals surface area contributed by atoms with Gasteiger partial charge in [-0.25, -0.2) is 4.79 Å². The lowest BCUT2D eigenvalue weighted by Gasteiger charge is -2.21. The van der Waals surface area contributed by atoms with E-state index in [1.165, 1.54) is 11.8 Å². The maximum atomic E-state index is 12.0. The van der Waals surface area contributed by atoms with Gasteiger partial charge in [-0.2, -0.15) is 0 Å². The summed E-state index contributed by atoms with van der Waals surface area (Å²) in [5, 5.41) is 5.30. The molecule has 0 saturated heterocycles. The van der Waals surface area contributed by atoms with Crippen LogP contribution in [0.1, 0.15) is 37.6 Å². The van der Waals surface area contributed by atoms with Crippen molar-refractivity contribution in [2.75, 3.05) is 18.5 Å². The summed E-state index contributed by atoms with van der Waals surface area (Å²) in [5.41, 5.74) is 0.901. The summed E-state index contributed by atoms with van der Waals surface area (Å²) in [4.78, 5) is 36.3. The Morgan fingerprint density at radius 2 is 2.12 bits per heavy atom. The highest BCUT2D eigenvalue weighted by molar-refractivity contribution is 8.00. The quantitative estimate of drug-likeness (QED) is 0.770. The standard InChI is InChI=1S/C17H22N2O4S/c1-10(2)6-7-18-15(20)9-23-17(22)12-4-5-14-13(8-12)19-16(21)11(3)24-14/h4-5,8,10-11H,6-7,9H2,1-3H3,(H,18,20)(H,19,21). The lowest BCUT2D eigenvalue weighted by molar-refractivity contribution is -0.124. The number of esters is 1. The van der Waals surface area contributed by atoms with Gasteiger partial charge in [-0.15, -0.1) is 11.8 Å². The molecule has 0 spiro atoms. The summed E-state index contributed by atoms with van der Waals surface area (Å²) in [6.45, 7) is 6.21. The first-order chi connectivity index (χ1) is 11.4. The second-order valence-corrected chi connectivity index (χ2v) is 7.45. The van der Waals surface area contributed by atoms with Gasteiger partial charge in [0.1, 0.15) is 0 Å². The number of anilines is 1. The number of ether oxygens (including phenoxy) is 1. The van der Waals surface area contributed by atoms with Crippen LogP contribution in [0.5, 0.6) is 0 Å². The van der Waals surface area contributed by atoms with Crippen LogP contribution >= 0.6 is 11.8 Å². The van der Waals surface area contributed by atoms with Gasteiger partial charge in [0.15, 0.2) is 6.61 Å². The molecule has 0 bridgehead atoms. The first-order valence-corrected chi connectivity index (χ1v) is 8.80. The smallest absolute Gasteiger partial charge is 0.338 e. The monoisotopic (exact) mass is 350 g/mol. The molecular weight excluding hydrogens is 328 g/mol. The van der Waals surface area contributed by atoms with Crippen molar-refractivity contribution in [3.8, 4) is 0 Å². The molecule has 0 aromatic heterocycles. The van der Waals surface area contributed by atoms with Gasteiger partial charge in [0.2, 0.25) is 5.91 Å². The third-order valence-electron chi connectivity index (χ3n) is 3.52.